The summed E-state index contributed by atoms with van der Waals surface area (Å²) in [6.07, 6.45) is 1.96. The smallest absolute Gasteiger partial charge is 0.310 e. The summed E-state index contributed by atoms with van der Waals surface area (Å²) in [7, 11) is 1.55. The molecule has 1 N–H and O–H groups in total. The molecule has 0 heterocycles. The van der Waals surface area contributed by atoms with Crippen LogP contribution < -0.4 is 4.74 Å². The number of rotatable bonds is 4. The van der Waals surface area contributed by atoms with Crippen LogP contribution in [0.2, 0.25) is 0 Å². The van der Waals surface area contributed by atoms with Crippen LogP contribution >= 0.6 is 11.8 Å². The molecule has 0 aromatic heterocycles. The van der Waals surface area contributed by atoms with Crippen molar-refractivity contribution in [3.8, 4) is 5.75 Å². The fraction of sp³-hybridized carbons (Fsp3) is 0.364. The molecule has 0 saturated heterocycles. The fourth-order valence-corrected chi connectivity index (χ4v) is 1.76. The third-order valence-corrected chi connectivity index (χ3v) is 3.00. The van der Waals surface area contributed by atoms with Crippen LogP contribution in [0.1, 0.15) is 18.4 Å². The van der Waals surface area contributed by atoms with Crippen molar-refractivity contribution in [1.82, 2.24) is 0 Å². The Hall–Kier alpha value is -1.16. The largest absolute Gasteiger partial charge is 0.496 e. The summed E-state index contributed by atoms with van der Waals surface area (Å²) in [5.41, 5.74) is 0.719. The molecule has 82 valence electrons. The molecule has 0 bridgehead atoms. The molecule has 1 rings (SSSR count). The van der Waals surface area contributed by atoms with Crippen molar-refractivity contribution in [3.05, 3.63) is 23.8 Å². The first-order valence-electron chi connectivity index (χ1n) is 4.55. The first kappa shape index (κ1) is 11.9. The van der Waals surface area contributed by atoms with Crippen LogP contribution in [0.25, 0.3) is 0 Å². The summed E-state index contributed by atoms with van der Waals surface area (Å²) >= 11 is 1.58. The maximum Gasteiger partial charge on any atom is 0.310 e. The minimum atomic E-state index is -0.841. The highest BCUT2D eigenvalue weighted by atomic mass is 32.2. The highest BCUT2D eigenvalue weighted by molar-refractivity contribution is 7.98. The number of thioether (sulfide) groups is 1. The van der Waals surface area contributed by atoms with Crippen LogP contribution in [0.3, 0.4) is 0 Å². The lowest BCUT2D eigenvalue weighted by atomic mass is 10.0. The van der Waals surface area contributed by atoms with Gasteiger partial charge in [0.1, 0.15) is 5.75 Å². The van der Waals surface area contributed by atoms with Crippen molar-refractivity contribution < 1.29 is 14.6 Å². The number of ether oxygens (including phenoxy) is 1. The second-order valence-electron chi connectivity index (χ2n) is 3.17. The number of carbonyl (C=O) groups is 1. The number of carboxylic acid groups (broad SMARTS) is 1. The molecule has 0 spiro atoms. The van der Waals surface area contributed by atoms with Gasteiger partial charge >= 0.3 is 5.97 Å². The zero-order valence-corrected chi connectivity index (χ0v) is 9.80. The number of benzene rings is 1. The van der Waals surface area contributed by atoms with Crippen molar-refractivity contribution in [2.75, 3.05) is 13.4 Å². The number of hydrogen-bond donors (Lipinski definition) is 1. The van der Waals surface area contributed by atoms with Gasteiger partial charge in [0.15, 0.2) is 0 Å². The number of hydrogen-bond acceptors (Lipinski definition) is 3. The molecule has 0 aliphatic heterocycles. The van der Waals surface area contributed by atoms with Gasteiger partial charge in [-0.05, 0) is 31.4 Å². The van der Waals surface area contributed by atoms with Gasteiger partial charge in [0.25, 0.3) is 0 Å². The Bertz CT molecular complexity index is 363. The number of aliphatic carboxylic acids is 1. The molecule has 0 radical (unpaired) electrons. The Balaban J connectivity index is 3.16. The molecular formula is C11H14O3S. The van der Waals surface area contributed by atoms with E-state index in [-0.39, 0.29) is 0 Å². The highest BCUT2D eigenvalue weighted by Crippen LogP contribution is 2.30. The summed E-state index contributed by atoms with van der Waals surface area (Å²) in [5.74, 6) is -0.763. The van der Waals surface area contributed by atoms with Crippen molar-refractivity contribution in [2.45, 2.75) is 17.7 Å². The van der Waals surface area contributed by atoms with Gasteiger partial charge in [0, 0.05) is 10.5 Å². The Labute approximate surface area is 93.4 Å². The second-order valence-corrected chi connectivity index (χ2v) is 4.05. The van der Waals surface area contributed by atoms with Gasteiger partial charge in [-0.3, -0.25) is 4.79 Å². The van der Waals surface area contributed by atoms with Gasteiger partial charge in [-0.25, -0.2) is 0 Å². The monoisotopic (exact) mass is 226 g/mol. The van der Waals surface area contributed by atoms with E-state index in [9.17, 15) is 4.79 Å². The SMILES string of the molecule is COc1ccc(SC)cc1C(C)C(=O)O. The first-order chi connectivity index (χ1) is 7.10. The van der Waals surface area contributed by atoms with Crippen LogP contribution in [-0.2, 0) is 4.79 Å². The first-order valence-corrected chi connectivity index (χ1v) is 5.77. The second kappa shape index (κ2) is 5.07. The lowest BCUT2D eigenvalue weighted by Gasteiger charge is -2.13. The molecule has 0 amide bonds. The zero-order chi connectivity index (χ0) is 11.4. The maximum atomic E-state index is 10.9. The lowest BCUT2D eigenvalue weighted by molar-refractivity contribution is -0.138. The molecule has 0 saturated carbocycles. The minimum Gasteiger partial charge on any atom is -0.496 e. The summed E-state index contributed by atoms with van der Waals surface area (Å²) in [6.45, 7) is 1.66. The van der Waals surface area contributed by atoms with E-state index in [1.807, 2.05) is 18.4 Å². The molecule has 3 nitrogen and oxygen atoms in total. The Kier molecular flexibility index (Phi) is 4.03. The summed E-state index contributed by atoms with van der Waals surface area (Å²) in [4.78, 5) is 11.9. The van der Waals surface area contributed by atoms with E-state index in [1.165, 1.54) is 0 Å². The van der Waals surface area contributed by atoms with Crippen LogP contribution in [0, 0.1) is 0 Å². The topological polar surface area (TPSA) is 46.5 Å². The van der Waals surface area contributed by atoms with Crippen LogP contribution in [-0.4, -0.2) is 24.4 Å². The van der Waals surface area contributed by atoms with Crippen molar-refractivity contribution in [2.24, 2.45) is 0 Å². The van der Waals surface area contributed by atoms with Gasteiger partial charge in [0.2, 0.25) is 0 Å². The molecule has 4 heteroatoms. The van der Waals surface area contributed by atoms with Gasteiger partial charge in [-0.15, -0.1) is 11.8 Å². The van der Waals surface area contributed by atoms with E-state index in [0.29, 0.717) is 5.75 Å². The van der Waals surface area contributed by atoms with E-state index in [1.54, 1.807) is 31.9 Å². The fourth-order valence-electron chi connectivity index (χ4n) is 1.31. The third kappa shape index (κ3) is 2.65. The van der Waals surface area contributed by atoms with E-state index >= 15 is 0 Å². The van der Waals surface area contributed by atoms with Crippen LogP contribution in [0.4, 0.5) is 0 Å². The van der Waals surface area contributed by atoms with Crippen molar-refractivity contribution in [1.29, 1.82) is 0 Å². The Morgan fingerprint density at radius 1 is 1.53 bits per heavy atom. The molecule has 1 aromatic rings. The Morgan fingerprint density at radius 3 is 2.67 bits per heavy atom. The molecule has 1 aromatic carbocycles. The third-order valence-electron chi connectivity index (χ3n) is 2.27. The number of methoxy groups -OCH3 is 1. The average molecular weight is 226 g/mol. The molecule has 0 aliphatic carbocycles. The van der Waals surface area contributed by atoms with E-state index in [2.05, 4.69) is 0 Å². The molecular weight excluding hydrogens is 212 g/mol. The molecule has 15 heavy (non-hydrogen) atoms. The molecule has 1 atom stereocenters. The predicted octanol–water partition coefficient (Wildman–Crippen LogP) is 2.61. The van der Waals surface area contributed by atoms with Crippen LogP contribution in [0.5, 0.6) is 5.75 Å². The zero-order valence-electron chi connectivity index (χ0n) is 8.98. The average Bonchev–Trinajstić information content (AvgIpc) is 2.27. The summed E-state index contributed by atoms with van der Waals surface area (Å²) < 4.78 is 5.14. The number of carboxylic acids is 1. The van der Waals surface area contributed by atoms with Crippen LogP contribution in [0.15, 0.2) is 23.1 Å². The quantitative estimate of drug-likeness (QED) is 0.802. The normalized spacial score (nSPS) is 12.2. The molecule has 1 unspecified atom stereocenters. The van der Waals surface area contributed by atoms with E-state index in [0.717, 1.165) is 10.5 Å². The van der Waals surface area contributed by atoms with Crippen molar-refractivity contribution >= 4 is 17.7 Å². The van der Waals surface area contributed by atoms with Crippen molar-refractivity contribution in [3.63, 3.8) is 0 Å². The van der Waals surface area contributed by atoms with Gasteiger partial charge in [-0.2, -0.15) is 0 Å². The van der Waals surface area contributed by atoms with Gasteiger partial charge < -0.3 is 9.84 Å². The molecule has 0 fully saturated rings. The van der Waals surface area contributed by atoms with Gasteiger partial charge in [0.05, 0.1) is 13.0 Å². The maximum absolute atomic E-state index is 10.9. The van der Waals surface area contributed by atoms with E-state index < -0.39 is 11.9 Å². The molecule has 0 aliphatic rings. The highest BCUT2D eigenvalue weighted by Gasteiger charge is 2.18. The van der Waals surface area contributed by atoms with Gasteiger partial charge in [-0.1, -0.05) is 0 Å². The standard InChI is InChI=1S/C11H14O3S/c1-7(11(12)13)9-6-8(15-3)4-5-10(9)14-2/h4-7H,1-3H3,(H,12,13). The predicted molar refractivity (Wildman–Crippen MR) is 60.8 cm³/mol. The Morgan fingerprint density at radius 2 is 2.20 bits per heavy atom. The minimum absolute atomic E-state index is 0.549. The summed E-state index contributed by atoms with van der Waals surface area (Å²) in [5, 5.41) is 8.96. The van der Waals surface area contributed by atoms with E-state index in [4.69, 9.17) is 9.84 Å². The summed E-state index contributed by atoms with van der Waals surface area (Å²) in [6, 6.07) is 5.59. The lowest BCUT2D eigenvalue weighted by Crippen LogP contribution is -2.08.